The van der Waals surface area contributed by atoms with E-state index in [4.69, 9.17) is 9.51 Å². The molecule has 2 aromatic heterocycles. The van der Waals surface area contributed by atoms with E-state index in [1.807, 2.05) is 61.5 Å². The third kappa shape index (κ3) is 4.26. The molecule has 3 heterocycles. The van der Waals surface area contributed by atoms with Crippen LogP contribution in [-0.2, 0) is 16.1 Å². The van der Waals surface area contributed by atoms with Crippen LogP contribution in [0.15, 0.2) is 82.1 Å². The van der Waals surface area contributed by atoms with Crippen molar-refractivity contribution in [2.45, 2.75) is 25.9 Å². The summed E-state index contributed by atoms with van der Waals surface area (Å²) in [6.07, 6.45) is -0.00109. The fraction of sp³-hybridized carbons (Fsp3) is 0.148. The second-order valence-electron chi connectivity index (χ2n) is 8.84. The van der Waals surface area contributed by atoms with Crippen molar-refractivity contribution in [3.8, 4) is 16.3 Å². The number of carbonyl (C=O) groups excluding carboxylic acids is 2. The molecule has 0 spiro atoms. The third-order valence-electron chi connectivity index (χ3n) is 6.33. The summed E-state index contributed by atoms with van der Waals surface area (Å²) < 4.78 is 7.58. The number of aromatic nitrogens is 3. The second-order valence-corrected chi connectivity index (χ2v) is 9.87. The average Bonchev–Trinajstić information content (AvgIpc) is 3.58. The summed E-state index contributed by atoms with van der Waals surface area (Å²) in [5.74, 6) is -0.665. The van der Waals surface area contributed by atoms with Gasteiger partial charge in [-0.2, -0.15) is 0 Å². The average molecular weight is 513 g/mol. The van der Waals surface area contributed by atoms with E-state index in [9.17, 15) is 14.4 Å². The molecule has 0 radical (unpaired) electrons. The van der Waals surface area contributed by atoms with Gasteiger partial charge in [0.2, 0.25) is 11.6 Å². The van der Waals surface area contributed by atoms with Crippen molar-refractivity contribution in [1.29, 1.82) is 0 Å². The number of nitrogens with zero attached hydrogens (tertiary/aromatic N) is 3. The van der Waals surface area contributed by atoms with Crippen LogP contribution in [0.1, 0.15) is 17.7 Å². The van der Waals surface area contributed by atoms with Crippen LogP contribution in [0.5, 0.6) is 0 Å². The lowest BCUT2D eigenvalue weighted by Crippen LogP contribution is -2.44. The first kappa shape index (κ1) is 23.0. The Morgan fingerprint density at radius 1 is 1.08 bits per heavy atom. The lowest BCUT2D eigenvalue weighted by molar-refractivity contribution is -0.677. The topological polar surface area (TPSA) is 112 Å². The van der Waals surface area contributed by atoms with Crippen LogP contribution in [0.25, 0.3) is 26.5 Å². The molecule has 1 aliphatic rings. The molecule has 6 rings (SSSR count). The van der Waals surface area contributed by atoms with Gasteiger partial charge in [0.1, 0.15) is 5.01 Å². The molecule has 1 atom stereocenters. The highest BCUT2D eigenvalue weighted by molar-refractivity contribution is 7.21. The molecule has 1 unspecified atom stereocenters. The number of anilines is 1. The van der Waals surface area contributed by atoms with Crippen LogP contribution in [0.3, 0.4) is 0 Å². The monoisotopic (exact) mass is 512 g/mol. The molecule has 1 saturated heterocycles. The van der Waals surface area contributed by atoms with E-state index in [1.165, 1.54) is 15.1 Å². The summed E-state index contributed by atoms with van der Waals surface area (Å²) in [7, 11) is 0. The number of para-hydroxylation sites is 1. The first-order valence-corrected chi connectivity index (χ1v) is 12.6. The number of aromatic amines is 1. The van der Waals surface area contributed by atoms with Crippen LogP contribution in [0.4, 0.5) is 5.69 Å². The SMILES string of the molecule is Cc1ccc2nc(-c3ccc(N4C(=O)CC(NCc5c(=O)o[nH][n+]5-c5ccccc5)C4=O)cc3)sc2c1. The summed E-state index contributed by atoms with van der Waals surface area (Å²) in [6.45, 7) is 2.10. The normalized spacial score (nSPS) is 15.7. The molecule has 0 bridgehead atoms. The summed E-state index contributed by atoms with van der Waals surface area (Å²) in [6, 6.07) is 21.8. The molecule has 9 nitrogen and oxygen atoms in total. The maximum absolute atomic E-state index is 13.1. The van der Waals surface area contributed by atoms with Gasteiger partial charge >= 0.3 is 11.3 Å². The highest BCUT2D eigenvalue weighted by atomic mass is 32.1. The van der Waals surface area contributed by atoms with Gasteiger partial charge in [0, 0.05) is 17.7 Å². The van der Waals surface area contributed by atoms with Gasteiger partial charge in [-0.25, -0.2) is 14.7 Å². The van der Waals surface area contributed by atoms with Crippen molar-refractivity contribution < 1.29 is 18.8 Å². The highest BCUT2D eigenvalue weighted by Crippen LogP contribution is 2.32. The van der Waals surface area contributed by atoms with Gasteiger partial charge in [-0.1, -0.05) is 24.3 Å². The van der Waals surface area contributed by atoms with E-state index in [0.717, 1.165) is 20.8 Å². The Bertz CT molecular complexity index is 1690. The van der Waals surface area contributed by atoms with Crippen molar-refractivity contribution in [1.82, 2.24) is 15.6 Å². The fourth-order valence-corrected chi connectivity index (χ4v) is 5.49. The molecule has 1 aliphatic heterocycles. The first-order chi connectivity index (χ1) is 18.0. The Hall–Kier alpha value is -4.41. The molecule has 2 N–H and O–H groups in total. The lowest BCUT2D eigenvalue weighted by atomic mass is 10.2. The number of H-pyrrole nitrogens is 1. The standard InChI is InChI=1S/C27H21N5O4S/c1-16-7-12-20-23(13-16)37-25(29-20)17-8-10-18(11-9-17)31-24(33)14-21(26(31)34)28-15-22-27(35)36-30-32(22)19-5-3-2-4-6-19/h2-13,21,28H,14-15H2,1H3/p+1. The van der Waals surface area contributed by atoms with Crippen LogP contribution in [0.2, 0.25) is 0 Å². The lowest BCUT2D eigenvalue weighted by Gasteiger charge is -2.15. The van der Waals surface area contributed by atoms with E-state index in [0.29, 0.717) is 17.1 Å². The van der Waals surface area contributed by atoms with Crippen molar-refractivity contribution in [2.75, 3.05) is 4.90 Å². The van der Waals surface area contributed by atoms with Crippen LogP contribution >= 0.6 is 11.3 Å². The number of fused-ring (bicyclic) bond motifs is 1. The maximum atomic E-state index is 13.1. The van der Waals surface area contributed by atoms with Gasteiger partial charge < -0.3 is 0 Å². The molecular formula is C27H22N5O4S+. The molecule has 3 aromatic carbocycles. The number of hydrogen-bond donors (Lipinski definition) is 2. The Balaban J connectivity index is 1.18. The van der Waals surface area contributed by atoms with Gasteiger partial charge in [0.05, 0.1) is 34.9 Å². The van der Waals surface area contributed by atoms with Crippen molar-refractivity contribution >= 4 is 39.1 Å². The molecule has 0 aliphatic carbocycles. The predicted octanol–water partition coefficient (Wildman–Crippen LogP) is 3.25. The Kier molecular flexibility index (Phi) is 5.74. The quantitative estimate of drug-likeness (QED) is 0.267. The molecular weight excluding hydrogens is 490 g/mol. The highest BCUT2D eigenvalue weighted by Gasteiger charge is 2.40. The maximum Gasteiger partial charge on any atom is 0.431 e. The zero-order chi connectivity index (χ0) is 25.5. The predicted molar refractivity (Wildman–Crippen MR) is 138 cm³/mol. The summed E-state index contributed by atoms with van der Waals surface area (Å²) in [4.78, 5) is 44.1. The zero-order valence-corrected chi connectivity index (χ0v) is 20.6. The van der Waals surface area contributed by atoms with E-state index in [-0.39, 0.29) is 24.8 Å². The number of imide groups is 1. The van der Waals surface area contributed by atoms with Gasteiger partial charge in [-0.05, 0) is 58.8 Å². The van der Waals surface area contributed by atoms with E-state index in [1.54, 1.807) is 23.5 Å². The number of thiazole rings is 1. The number of nitrogens with one attached hydrogen (secondary N) is 2. The van der Waals surface area contributed by atoms with E-state index < -0.39 is 11.7 Å². The fourth-order valence-electron chi connectivity index (χ4n) is 4.42. The molecule has 2 amide bonds. The molecule has 10 heteroatoms. The summed E-state index contributed by atoms with van der Waals surface area (Å²) in [5.41, 5.74) is 3.99. The summed E-state index contributed by atoms with van der Waals surface area (Å²) in [5, 5.41) is 6.50. The second kappa shape index (κ2) is 9.23. The largest absolute Gasteiger partial charge is 0.431 e. The molecule has 0 saturated carbocycles. The number of rotatable bonds is 6. The van der Waals surface area contributed by atoms with Crippen molar-refractivity contribution in [3.05, 3.63) is 94.5 Å². The molecule has 5 aromatic rings. The number of carbonyl (C=O) groups is 2. The Labute approximate surface area is 214 Å². The number of amides is 2. The Morgan fingerprint density at radius 3 is 2.65 bits per heavy atom. The molecule has 37 heavy (non-hydrogen) atoms. The van der Waals surface area contributed by atoms with Crippen molar-refractivity contribution in [3.63, 3.8) is 0 Å². The first-order valence-electron chi connectivity index (χ1n) is 11.7. The van der Waals surface area contributed by atoms with Gasteiger partial charge in [0.15, 0.2) is 0 Å². The van der Waals surface area contributed by atoms with E-state index in [2.05, 4.69) is 16.7 Å². The Morgan fingerprint density at radius 2 is 1.86 bits per heavy atom. The molecule has 1 fully saturated rings. The minimum atomic E-state index is -0.752. The number of benzene rings is 3. The zero-order valence-electron chi connectivity index (χ0n) is 19.8. The minimum absolute atomic E-state index is 0.00109. The summed E-state index contributed by atoms with van der Waals surface area (Å²) >= 11 is 1.60. The van der Waals surface area contributed by atoms with Crippen LogP contribution in [0, 0.1) is 6.92 Å². The van der Waals surface area contributed by atoms with Crippen LogP contribution in [-0.4, -0.2) is 28.1 Å². The number of hydrogen-bond acceptors (Lipinski definition) is 7. The van der Waals surface area contributed by atoms with Gasteiger partial charge in [-0.15, -0.1) is 11.3 Å². The molecule has 184 valence electrons. The van der Waals surface area contributed by atoms with Crippen LogP contribution < -0.4 is 20.5 Å². The minimum Gasteiger partial charge on any atom is -0.296 e. The van der Waals surface area contributed by atoms with Gasteiger partial charge in [0.25, 0.3) is 5.91 Å². The van der Waals surface area contributed by atoms with Gasteiger partial charge in [-0.3, -0.25) is 19.4 Å². The van der Waals surface area contributed by atoms with Crippen molar-refractivity contribution in [2.24, 2.45) is 0 Å². The third-order valence-corrected chi connectivity index (χ3v) is 7.40. The number of aryl methyl sites for hydroxylation is 1. The smallest absolute Gasteiger partial charge is 0.296 e. The van der Waals surface area contributed by atoms with E-state index >= 15 is 0 Å².